The summed E-state index contributed by atoms with van der Waals surface area (Å²) in [5.74, 6) is 0.0986. The zero-order valence-electron chi connectivity index (χ0n) is 24.2. The van der Waals surface area contributed by atoms with Gasteiger partial charge < -0.3 is 14.4 Å². The molecule has 0 aliphatic carbocycles. The molecule has 8 heteroatoms. The fraction of sp³-hybridized carbons (Fsp3) is 0.679. The standard InChI is InChI=1S/C28H46N2O5S/c1-19(36-29(10)11)17-28(8,9)30(12)25(33)35-23-15-13-22(14-16-23)24(34-21(3)32)27(6,7)18-26(4,5)20(2)31/h13-16,19,24H,17-18H2,1-12H3. The van der Waals surface area contributed by atoms with E-state index in [2.05, 4.69) is 11.2 Å². The molecule has 0 spiro atoms. The van der Waals surface area contributed by atoms with Crippen molar-refractivity contribution < 1.29 is 23.9 Å². The fourth-order valence-electron chi connectivity index (χ4n) is 4.57. The number of Topliss-reactive ketones (excluding diaryl/α,β-unsaturated/α-hetero) is 1. The van der Waals surface area contributed by atoms with Crippen LogP contribution in [0.25, 0.3) is 0 Å². The minimum absolute atomic E-state index is 0.0844. The summed E-state index contributed by atoms with van der Waals surface area (Å²) >= 11 is 1.73. The SMILES string of the molecule is CC(=O)OC(c1ccc(OC(=O)N(C)C(C)(C)CC(C)SN(C)C)cc1)C(C)(C)CC(C)(C)C(C)=O. The molecule has 0 aliphatic heterocycles. The van der Waals surface area contributed by atoms with E-state index in [0.29, 0.717) is 17.4 Å². The van der Waals surface area contributed by atoms with Crippen LogP contribution in [0.1, 0.15) is 86.8 Å². The molecule has 0 fully saturated rings. The van der Waals surface area contributed by atoms with Crippen LogP contribution in [0.5, 0.6) is 5.75 Å². The molecule has 0 heterocycles. The Bertz CT molecular complexity index is 909. The third kappa shape index (κ3) is 9.43. The molecule has 0 saturated carbocycles. The molecule has 0 radical (unpaired) electrons. The van der Waals surface area contributed by atoms with Gasteiger partial charge in [-0.3, -0.25) is 13.9 Å². The van der Waals surface area contributed by atoms with Crippen LogP contribution in [-0.2, 0) is 14.3 Å². The summed E-state index contributed by atoms with van der Waals surface area (Å²) in [6, 6.07) is 7.03. The van der Waals surface area contributed by atoms with E-state index in [-0.39, 0.29) is 5.78 Å². The molecule has 2 unspecified atom stereocenters. The number of hydrogen-bond donors (Lipinski definition) is 0. The molecule has 1 aromatic carbocycles. The van der Waals surface area contributed by atoms with Gasteiger partial charge in [0.15, 0.2) is 0 Å². The van der Waals surface area contributed by atoms with Crippen LogP contribution in [0, 0.1) is 10.8 Å². The lowest BCUT2D eigenvalue weighted by atomic mass is 9.69. The predicted molar refractivity (Wildman–Crippen MR) is 147 cm³/mol. The third-order valence-corrected chi connectivity index (χ3v) is 7.54. The number of benzene rings is 1. The van der Waals surface area contributed by atoms with E-state index in [9.17, 15) is 14.4 Å². The molecule has 0 aliphatic rings. The van der Waals surface area contributed by atoms with E-state index in [1.54, 1.807) is 55.1 Å². The van der Waals surface area contributed by atoms with Gasteiger partial charge in [-0.15, -0.1) is 0 Å². The molecular weight excluding hydrogens is 476 g/mol. The maximum atomic E-state index is 12.9. The van der Waals surface area contributed by atoms with Gasteiger partial charge in [-0.1, -0.05) is 58.7 Å². The highest BCUT2D eigenvalue weighted by Gasteiger charge is 2.40. The molecule has 204 valence electrons. The molecule has 0 saturated heterocycles. The summed E-state index contributed by atoms with van der Waals surface area (Å²) in [6.45, 7) is 17.0. The molecule has 1 rings (SSSR count). The van der Waals surface area contributed by atoms with E-state index in [1.165, 1.54) is 6.92 Å². The van der Waals surface area contributed by atoms with Crippen molar-refractivity contribution in [1.82, 2.24) is 9.21 Å². The summed E-state index contributed by atoms with van der Waals surface area (Å²) in [5, 5.41) is 0.332. The Morgan fingerprint density at radius 1 is 0.944 bits per heavy atom. The van der Waals surface area contributed by atoms with Crippen LogP contribution in [0.2, 0.25) is 0 Å². The van der Waals surface area contributed by atoms with Crippen molar-refractivity contribution >= 4 is 29.8 Å². The van der Waals surface area contributed by atoms with Gasteiger partial charge in [0.2, 0.25) is 0 Å². The number of carbonyl (C=O) groups is 3. The Kier molecular flexibility index (Phi) is 11.1. The first-order valence-corrected chi connectivity index (χ1v) is 13.2. The Morgan fingerprint density at radius 2 is 1.47 bits per heavy atom. The second kappa shape index (κ2) is 12.5. The Balaban J connectivity index is 3.04. The first kappa shape index (κ1) is 32.0. The second-order valence-electron chi connectivity index (χ2n) is 11.8. The molecule has 2 atom stereocenters. The lowest BCUT2D eigenvalue weighted by molar-refractivity contribution is -0.155. The molecule has 1 amide bonds. The highest BCUT2D eigenvalue weighted by molar-refractivity contribution is 7.97. The van der Waals surface area contributed by atoms with Gasteiger partial charge in [-0.25, -0.2) is 4.79 Å². The minimum atomic E-state index is -0.560. The molecule has 7 nitrogen and oxygen atoms in total. The Morgan fingerprint density at radius 3 is 1.92 bits per heavy atom. The molecule has 0 bridgehead atoms. The molecular formula is C28H46N2O5S. The molecule has 0 aromatic heterocycles. The minimum Gasteiger partial charge on any atom is -0.457 e. The maximum absolute atomic E-state index is 12.9. The second-order valence-corrected chi connectivity index (χ2v) is 13.6. The number of rotatable bonds is 12. The van der Waals surface area contributed by atoms with Crippen molar-refractivity contribution in [3.63, 3.8) is 0 Å². The van der Waals surface area contributed by atoms with Gasteiger partial charge >= 0.3 is 12.1 Å². The lowest BCUT2D eigenvalue weighted by Crippen LogP contribution is -2.47. The highest BCUT2D eigenvalue weighted by Crippen LogP contribution is 2.45. The Labute approximate surface area is 222 Å². The van der Waals surface area contributed by atoms with Gasteiger partial charge in [0.05, 0.1) is 0 Å². The molecule has 1 aromatic rings. The van der Waals surface area contributed by atoms with Crippen LogP contribution >= 0.6 is 11.9 Å². The zero-order valence-corrected chi connectivity index (χ0v) is 25.0. The van der Waals surface area contributed by atoms with Crippen molar-refractivity contribution in [2.24, 2.45) is 10.8 Å². The van der Waals surface area contributed by atoms with Crippen LogP contribution < -0.4 is 4.74 Å². The molecule has 36 heavy (non-hydrogen) atoms. The topological polar surface area (TPSA) is 76.2 Å². The number of amides is 1. The normalized spacial score (nSPS) is 14.2. The lowest BCUT2D eigenvalue weighted by Gasteiger charge is -2.39. The van der Waals surface area contributed by atoms with Crippen molar-refractivity contribution in [1.29, 1.82) is 0 Å². The van der Waals surface area contributed by atoms with Crippen LogP contribution in [0.3, 0.4) is 0 Å². The van der Waals surface area contributed by atoms with Gasteiger partial charge in [-0.05, 0) is 65.4 Å². The van der Waals surface area contributed by atoms with Crippen LogP contribution in [0.15, 0.2) is 24.3 Å². The average molecular weight is 523 g/mol. The van der Waals surface area contributed by atoms with E-state index in [1.807, 2.05) is 55.6 Å². The average Bonchev–Trinajstić information content (AvgIpc) is 2.69. The van der Waals surface area contributed by atoms with Crippen LogP contribution in [0.4, 0.5) is 4.79 Å². The Hall–Kier alpha value is -2.06. The predicted octanol–water partition coefficient (Wildman–Crippen LogP) is 6.52. The molecule has 0 N–H and O–H groups in total. The number of esters is 1. The monoisotopic (exact) mass is 522 g/mol. The number of ether oxygens (including phenoxy) is 2. The van der Waals surface area contributed by atoms with Gasteiger partial charge in [-0.2, -0.15) is 0 Å². The zero-order chi connectivity index (χ0) is 28.1. The summed E-state index contributed by atoms with van der Waals surface area (Å²) < 4.78 is 13.4. The largest absolute Gasteiger partial charge is 0.457 e. The smallest absolute Gasteiger partial charge is 0.415 e. The van der Waals surface area contributed by atoms with Gasteiger partial charge in [0.25, 0.3) is 0 Å². The maximum Gasteiger partial charge on any atom is 0.415 e. The van der Waals surface area contributed by atoms with E-state index < -0.39 is 34.5 Å². The summed E-state index contributed by atoms with van der Waals surface area (Å²) in [4.78, 5) is 38.6. The van der Waals surface area contributed by atoms with Crippen molar-refractivity contribution in [2.75, 3.05) is 21.1 Å². The van der Waals surface area contributed by atoms with E-state index in [4.69, 9.17) is 9.47 Å². The number of ketones is 1. The van der Waals surface area contributed by atoms with Crippen molar-refractivity contribution in [2.45, 2.75) is 92.0 Å². The van der Waals surface area contributed by atoms with E-state index >= 15 is 0 Å². The van der Waals surface area contributed by atoms with Crippen molar-refractivity contribution in [3.8, 4) is 5.75 Å². The number of hydrogen-bond acceptors (Lipinski definition) is 7. The fourth-order valence-corrected chi connectivity index (χ4v) is 5.77. The third-order valence-electron chi connectivity index (χ3n) is 6.59. The quantitative estimate of drug-likeness (QED) is 0.228. The first-order chi connectivity index (χ1) is 16.3. The van der Waals surface area contributed by atoms with Crippen LogP contribution in [-0.4, -0.2) is 59.0 Å². The first-order valence-electron chi connectivity index (χ1n) is 12.4. The van der Waals surface area contributed by atoms with E-state index in [0.717, 1.165) is 12.0 Å². The summed E-state index contributed by atoms with van der Waals surface area (Å²) in [6.07, 6.45) is 0.343. The van der Waals surface area contributed by atoms with Gasteiger partial charge in [0, 0.05) is 35.6 Å². The van der Waals surface area contributed by atoms with Crippen molar-refractivity contribution in [3.05, 3.63) is 29.8 Å². The number of carbonyl (C=O) groups excluding carboxylic acids is 3. The number of nitrogens with zero attached hydrogens (tertiary/aromatic N) is 2. The summed E-state index contributed by atoms with van der Waals surface area (Å²) in [5.41, 5.74) is -0.688. The summed E-state index contributed by atoms with van der Waals surface area (Å²) in [7, 11) is 5.76. The highest BCUT2D eigenvalue weighted by atomic mass is 32.2. The van der Waals surface area contributed by atoms with Gasteiger partial charge in [0.1, 0.15) is 17.6 Å².